The van der Waals surface area contributed by atoms with E-state index in [4.69, 9.17) is 5.11 Å². The lowest BCUT2D eigenvalue weighted by Crippen LogP contribution is -2.33. The zero-order chi connectivity index (χ0) is 10.0. The van der Waals surface area contributed by atoms with Crippen LogP contribution in [0.4, 0.5) is 0 Å². The molecule has 1 saturated carbocycles. The van der Waals surface area contributed by atoms with E-state index in [9.17, 15) is 4.79 Å². The predicted octanol–water partition coefficient (Wildman–Crippen LogP) is 2.94. The van der Waals surface area contributed by atoms with Crippen molar-refractivity contribution >= 4 is 5.97 Å². The molecule has 3 unspecified atom stereocenters. The molecule has 0 aromatic rings. The Balaban J connectivity index is 0.00000169. The second-order valence-electron chi connectivity index (χ2n) is 4.77. The highest BCUT2D eigenvalue weighted by atomic mass is 16.4. The van der Waals surface area contributed by atoms with Crippen LogP contribution in [-0.2, 0) is 4.79 Å². The normalized spacial score (nSPS) is 32.4. The third kappa shape index (κ3) is 2.98. The first kappa shape index (κ1) is 13.4. The molecule has 1 aliphatic carbocycles. The number of rotatable bonds is 2. The lowest BCUT2D eigenvalue weighted by molar-refractivity contribution is -0.146. The molecule has 0 heterocycles. The van der Waals surface area contributed by atoms with E-state index in [-0.39, 0.29) is 12.1 Å². The van der Waals surface area contributed by atoms with Crippen LogP contribution >= 0.6 is 0 Å². The maximum absolute atomic E-state index is 11.0. The van der Waals surface area contributed by atoms with E-state index < -0.39 is 5.97 Å². The molecule has 0 spiro atoms. The van der Waals surface area contributed by atoms with Crippen molar-refractivity contribution in [3.05, 3.63) is 0 Å². The Hall–Kier alpha value is -0.570. The molecule has 0 aromatic carbocycles. The van der Waals surface area contributed by atoms with E-state index in [1.807, 2.05) is 0 Å². The standard InChI is InChI=1S/C11H20O2.H3N/c1-7(2)9-5-4-8(3)6-10(9)11(12)13;/h7-10H,4-6H2,1-3H3,(H,12,13);1H3. The molecular formula is C11H23NO2. The molecule has 3 atom stereocenters. The fourth-order valence-electron chi connectivity index (χ4n) is 2.49. The van der Waals surface area contributed by atoms with Gasteiger partial charge in [0.15, 0.2) is 0 Å². The van der Waals surface area contributed by atoms with Gasteiger partial charge in [-0.15, -0.1) is 0 Å². The van der Waals surface area contributed by atoms with Crippen molar-refractivity contribution in [2.75, 3.05) is 0 Å². The van der Waals surface area contributed by atoms with Gasteiger partial charge >= 0.3 is 5.97 Å². The quantitative estimate of drug-likeness (QED) is 0.721. The molecule has 1 aliphatic rings. The predicted molar refractivity (Wildman–Crippen MR) is 57.5 cm³/mol. The average molecular weight is 201 g/mol. The molecule has 1 rings (SSSR count). The lowest BCUT2D eigenvalue weighted by Gasteiger charge is -2.34. The molecule has 1 fully saturated rings. The number of carboxylic acid groups (broad SMARTS) is 1. The number of aliphatic carboxylic acids is 1. The smallest absolute Gasteiger partial charge is 0.306 e. The molecule has 3 nitrogen and oxygen atoms in total. The molecule has 0 amide bonds. The number of carbonyl (C=O) groups is 1. The molecular weight excluding hydrogens is 178 g/mol. The summed E-state index contributed by atoms with van der Waals surface area (Å²) in [5.41, 5.74) is 0. The van der Waals surface area contributed by atoms with E-state index in [1.54, 1.807) is 0 Å². The second-order valence-corrected chi connectivity index (χ2v) is 4.77. The van der Waals surface area contributed by atoms with E-state index in [0.717, 1.165) is 12.8 Å². The van der Waals surface area contributed by atoms with Crippen LogP contribution < -0.4 is 6.15 Å². The van der Waals surface area contributed by atoms with Gasteiger partial charge < -0.3 is 11.3 Å². The molecule has 14 heavy (non-hydrogen) atoms. The molecule has 0 aromatic heterocycles. The van der Waals surface area contributed by atoms with Crippen molar-refractivity contribution in [2.45, 2.75) is 40.0 Å². The van der Waals surface area contributed by atoms with Gasteiger partial charge in [-0.3, -0.25) is 4.79 Å². The number of carboxylic acids is 1. The zero-order valence-electron chi connectivity index (χ0n) is 9.49. The van der Waals surface area contributed by atoms with E-state index in [0.29, 0.717) is 17.8 Å². The Bertz CT molecular complexity index is 192. The van der Waals surface area contributed by atoms with Gasteiger partial charge in [0.2, 0.25) is 0 Å². The number of hydrogen-bond acceptors (Lipinski definition) is 2. The SMILES string of the molecule is CC1CCC(C(C)C)C(C(=O)O)C1.N. The molecule has 84 valence electrons. The summed E-state index contributed by atoms with van der Waals surface area (Å²) in [6, 6.07) is 0. The van der Waals surface area contributed by atoms with Crippen LogP contribution in [0.3, 0.4) is 0 Å². The first-order valence-electron chi connectivity index (χ1n) is 5.25. The molecule has 0 bridgehead atoms. The fraction of sp³-hybridized carbons (Fsp3) is 0.909. The third-order valence-electron chi connectivity index (χ3n) is 3.34. The monoisotopic (exact) mass is 201 g/mol. The van der Waals surface area contributed by atoms with Gasteiger partial charge in [-0.05, 0) is 30.6 Å². The van der Waals surface area contributed by atoms with Gasteiger partial charge in [-0.1, -0.05) is 27.2 Å². The van der Waals surface area contributed by atoms with Crippen LogP contribution in [0, 0.1) is 23.7 Å². The van der Waals surface area contributed by atoms with Crippen molar-refractivity contribution in [2.24, 2.45) is 23.7 Å². The van der Waals surface area contributed by atoms with Crippen molar-refractivity contribution in [1.82, 2.24) is 6.15 Å². The minimum atomic E-state index is -0.592. The Morgan fingerprint density at radius 2 is 1.93 bits per heavy atom. The van der Waals surface area contributed by atoms with E-state index in [1.165, 1.54) is 6.42 Å². The van der Waals surface area contributed by atoms with Crippen LogP contribution in [0.5, 0.6) is 0 Å². The molecule has 3 heteroatoms. The topological polar surface area (TPSA) is 72.3 Å². The zero-order valence-corrected chi connectivity index (χ0v) is 9.49. The summed E-state index contributed by atoms with van der Waals surface area (Å²) in [6.45, 7) is 6.43. The molecule has 0 saturated heterocycles. The Kier molecular flexibility index (Phi) is 5.13. The van der Waals surface area contributed by atoms with Gasteiger partial charge in [0.1, 0.15) is 0 Å². The Morgan fingerprint density at radius 3 is 2.36 bits per heavy atom. The average Bonchev–Trinajstić information content (AvgIpc) is 2.03. The Labute approximate surface area is 86.5 Å². The van der Waals surface area contributed by atoms with Gasteiger partial charge in [-0.2, -0.15) is 0 Å². The summed E-state index contributed by atoms with van der Waals surface area (Å²) >= 11 is 0. The molecule has 4 N–H and O–H groups in total. The summed E-state index contributed by atoms with van der Waals surface area (Å²) in [5, 5.41) is 9.08. The minimum absolute atomic E-state index is 0. The van der Waals surface area contributed by atoms with Crippen LogP contribution in [0.25, 0.3) is 0 Å². The van der Waals surface area contributed by atoms with Gasteiger partial charge in [0.05, 0.1) is 5.92 Å². The van der Waals surface area contributed by atoms with Crippen LogP contribution in [-0.4, -0.2) is 11.1 Å². The van der Waals surface area contributed by atoms with Crippen LogP contribution in [0.15, 0.2) is 0 Å². The summed E-state index contributed by atoms with van der Waals surface area (Å²) in [5.74, 6) is 0.812. The van der Waals surface area contributed by atoms with Gasteiger partial charge in [0.25, 0.3) is 0 Å². The maximum Gasteiger partial charge on any atom is 0.306 e. The van der Waals surface area contributed by atoms with Crippen LogP contribution in [0.1, 0.15) is 40.0 Å². The first-order valence-corrected chi connectivity index (χ1v) is 5.25. The van der Waals surface area contributed by atoms with Crippen LogP contribution in [0.2, 0.25) is 0 Å². The highest BCUT2D eigenvalue weighted by molar-refractivity contribution is 5.70. The number of hydrogen-bond donors (Lipinski definition) is 2. The van der Waals surface area contributed by atoms with Gasteiger partial charge in [0, 0.05) is 0 Å². The third-order valence-corrected chi connectivity index (χ3v) is 3.34. The summed E-state index contributed by atoms with van der Waals surface area (Å²) in [6.07, 6.45) is 3.17. The van der Waals surface area contributed by atoms with Crippen molar-refractivity contribution < 1.29 is 9.90 Å². The highest BCUT2D eigenvalue weighted by Gasteiger charge is 2.35. The first-order chi connectivity index (χ1) is 6.02. The largest absolute Gasteiger partial charge is 0.481 e. The molecule has 0 aliphatic heterocycles. The summed E-state index contributed by atoms with van der Waals surface area (Å²) < 4.78 is 0. The second kappa shape index (κ2) is 5.35. The van der Waals surface area contributed by atoms with Crippen molar-refractivity contribution in [3.63, 3.8) is 0 Å². The fourth-order valence-corrected chi connectivity index (χ4v) is 2.49. The van der Waals surface area contributed by atoms with E-state index >= 15 is 0 Å². The molecule has 0 radical (unpaired) electrons. The Morgan fingerprint density at radius 1 is 1.36 bits per heavy atom. The maximum atomic E-state index is 11.0. The highest BCUT2D eigenvalue weighted by Crippen LogP contribution is 2.37. The summed E-state index contributed by atoms with van der Waals surface area (Å²) in [7, 11) is 0. The van der Waals surface area contributed by atoms with E-state index in [2.05, 4.69) is 20.8 Å². The van der Waals surface area contributed by atoms with Crippen molar-refractivity contribution in [1.29, 1.82) is 0 Å². The summed E-state index contributed by atoms with van der Waals surface area (Å²) in [4.78, 5) is 11.0. The van der Waals surface area contributed by atoms with Gasteiger partial charge in [-0.25, -0.2) is 0 Å². The minimum Gasteiger partial charge on any atom is -0.481 e. The lowest BCUT2D eigenvalue weighted by atomic mass is 9.70. The van der Waals surface area contributed by atoms with Crippen molar-refractivity contribution in [3.8, 4) is 0 Å².